The molecule has 0 aromatic heterocycles. The van der Waals surface area contributed by atoms with Crippen LogP contribution in [0.1, 0.15) is 65.2 Å². The normalized spacial score (nSPS) is 23.7. The largest absolute Gasteiger partial charge is 0.393 e. The van der Waals surface area contributed by atoms with Gasteiger partial charge in [-0.05, 0) is 18.3 Å². The van der Waals surface area contributed by atoms with E-state index in [1.807, 2.05) is 0 Å². The highest BCUT2D eigenvalue weighted by molar-refractivity contribution is 6.78. The van der Waals surface area contributed by atoms with Crippen LogP contribution in [-0.2, 0) is 0 Å². The van der Waals surface area contributed by atoms with Gasteiger partial charge in [-0.2, -0.15) is 0 Å². The molecule has 1 nitrogen and oxygen atoms in total. The first-order chi connectivity index (χ1) is 8.33. The van der Waals surface area contributed by atoms with Crippen molar-refractivity contribution in [3.63, 3.8) is 0 Å². The minimum atomic E-state index is -1.54. The van der Waals surface area contributed by atoms with Crippen LogP contribution in [0.5, 0.6) is 0 Å². The molecule has 0 heterocycles. The van der Waals surface area contributed by atoms with E-state index in [4.69, 9.17) is 0 Å². The van der Waals surface area contributed by atoms with Crippen molar-refractivity contribution in [2.45, 2.75) is 90.1 Å². The van der Waals surface area contributed by atoms with E-state index in [0.29, 0.717) is 5.92 Å². The average molecular weight is 271 g/mol. The molecule has 108 valence electrons. The second-order valence-electron chi connectivity index (χ2n) is 7.46. The minimum absolute atomic E-state index is 0.356. The van der Waals surface area contributed by atoms with E-state index in [1.165, 1.54) is 44.9 Å². The van der Waals surface area contributed by atoms with Crippen molar-refractivity contribution < 1.29 is 5.11 Å². The van der Waals surface area contributed by atoms with Gasteiger partial charge in [0.1, 0.15) is 0 Å². The Hall–Kier alpha value is 0.177. The zero-order valence-electron chi connectivity index (χ0n) is 13.3. The highest BCUT2D eigenvalue weighted by atomic mass is 28.3. The van der Waals surface area contributed by atoms with E-state index in [-0.39, 0.29) is 5.22 Å². The summed E-state index contributed by atoms with van der Waals surface area (Å²) < 4.78 is 0. The predicted octanol–water partition coefficient (Wildman–Crippen LogP) is 5.00. The lowest BCUT2D eigenvalue weighted by atomic mass is 9.77. The van der Waals surface area contributed by atoms with Gasteiger partial charge in [0.15, 0.2) is 0 Å². The summed E-state index contributed by atoms with van der Waals surface area (Å²) in [5.74, 6) is 1.27. The zero-order chi connectivity index (χ0) is 13.8. The van der Waals surface area contributed by atoms with Crippen LogP contribution in [0.15, 0.2) is 0 Å². The molecule has 1 rings (SSSR count). The number of unbranched alkanes of at least 4 members (excludes halogenated alkanes) is 1. The molecule has 0 aromatic carbocycles. The second-order valence-corrected chi connectivity index (χ2v) is 12.8. The summed E-state index contributed by atoms with van der Waals surface area (Å²) in [5.41, 5.74) is 0. The summed E-state index contributed by atoms with van der Waals surface area (Å²) in [6, 6.07) is 0. The Morgan fingerprint density at radius 1 is 1.17 bits per heavy atom. The fourth-order valence-corrected chi connectivity index (χ4v) is 6.28. The molecule has 18 heavy (non-hydrogen) atoms. The van der Waals surface area contributed by atoms with E-state index in [1.54, 1.807) is 0 Å². The van der Waals surface area contributed by atoms with Crippen molar-refractivity contribution in [3.05, 3.63) is 0 Å². The molecule has 0 saturated heterocycles. The van der Waals surface area contributed by atoms with Crippen molar-refractivity contribution in [1.82, 2.24) is 0 Å². The van der Waals surface area contributed by atoms with Gasteiger partial charge in [0.05, 0.1) is 13.3 Å². The topological polar surface area (TPSA) is 20.2 Å². The summed E-state index contributed by atoms with van der Waals surface area (Å²) in [4.78, 5) is 0. The predicted molar refractivity (Wildman–Crippen MR) is 83.6 cm³/mol. The van der Waals surface area contributed by atoms with Crippen molar-refractivity contribution in [2.24, 2.45) is 11.8 Å². The van der Waals surface area contributed by atoms with Crippen LogP contribution >= 0.6 is 0 Å². The van der Waals surface area contributed by atoms with Gasteiger partial charge in [-0.3, -0.25) is 0 Å². The molecular weight excluding hydrogens is 236 g/mol. The standard InChI is InChI=1S/C16H34OSi/c1-6-7-13-16(17,18(3,4)5)14(2)15-11-9-8-10-12-15/h14-15,17H,6-13H2,1-5H3/t14-,16+/m0/s1. The first kappa shape index (κ1) is 16.2. The molecule has 0 radical (unpaired) electrons. The van der Waals surface area contributed by atoms with Crippen molar-refractivity contribution in [3.8, 4) is 0 Å². The van der Waals surface area contributed by atoms with E-state index < -0.39 is 8.07 Å². The highest BCUT2D eigenvalue weighted by Gasteiger charge is 2.47. The van der Waals surface area contributed by atoms with Crippen LogP contribution in [0, 0.1) is 11.8 Å². The van der Waals surface area contributed by atoms with Gasteiger partial charge in [0, 0.05) is 0 Å². The zero-order valence-corrected chi connectivity index (χ0v) is 14.3. The second kappa shape index (κ2) is 6.56. The van der Waals surface area contributed by atoms with E-state index in [9.17, 15) is 5.11 Å². The Kier molecular flexibility index (Phi) is 5.92. The molecule has 0 aliphatic heterocycles. The molecule has 0 aromatic rings. The quantitative estimate of drug-likeness (QED) is 0.673. The SMILES string of the molecule is CCCC[C@](O)([C@@H](C)C1CCCCC1)[Si](C)(C)C. The Bertz CT molecular complexity index is 240. The number of hydrogen-bond donors (Lipinski definition) is 1. The van der Waals surface area contributed by atoms with Gasteiger partial charge in [-0.15, -0.1) is 0 Å². The molecular formula is C16H34OSi. The first-order valence-electron chi connectivity index (χ1n) is 8.05. The van der Waals surface area contributed by atoms with Crippen molar-refractivity contribution in [1.29, 1.82) is 0 Å². The fraction of sp³-hybridized carbons (Fsp3) is 1.00. The Morgan fingerprint density at radius 2 is 1.72 bits per heavy atom. The lowest BCUT2D eigenvalue weighted by Crippen LogP contribution is -2.58. The van der Waals surface area contributed by atoms with Gasteiger partial charge in [-0.25, -0.2) is 0 Å². The van der Waals surface area contributed by atoms with Crippen LogP contribution in [-0.4, -0.2) is 18.4 Å². The summed E-state index contributed by atoms with van der Waals surface area (Å²) in [6.45, 7) is 11.6. The molecule has 0 unspecified atom stereocenters. The third-order valence-electron chi connectivity index (χ3n) is 5.32. The number of rotatable bonds is 6. The molecule has 0 bridgehead atoms. The van der Waals surface area contributed by atoms with Crippen LogP contribution in [0.4, 0.5) is 0 Å². The van der Waals surface area contributed by atoms with Crippen LogP contribution in [0.3, 0.4) is 0 Å². The Morgan fingerprint density at radius 3 is 2.17 bits per heavy atom. The lowest BCUT2D eigenvalue weighted by Gasteiger charge is -2.47. The van der Waals surface area contributed by atoms with E-state index in [0.717, 1.165) is 12.3 Å². The van der Waals surface area contributed by atoms with Crippen LogP contribution < -0.4 is 0 Å². The smallest absolute Gasteiger partial charge is 0.0824 e. The molecule has 1 fully saturated rings. The molecule has 0 amide bonds. The monoisotopic (exact) mass is 270 g/mol. The Labute approximate surface area is 115 Å². The first-order valence-corrected chi connectivity index (χ1v) is 11.6. The van der Waals surface area contributed by atoms with E-state index >= 15 is 0 Å². The maximum atomic E-state index is 11.4. The summed E-state index contributed by atoms with van der Waals surface area (Å²) in [7, 11) is -1.54. The molecule has 1 aliphatic carbocycles. The van der Waals surface area contributed by atoms with Crippen molar-refractivity contribution in [2.75, 3.05) is 0 Å². The van der Waals surface area contributed by atoms with Gasteiger partial charge >= 0.3 is 0 Å². The minimum Gasteiger partial charge on any atom is -0.393 e. The molecule has 2 atom stereocenters. The average Bonchev–Trinajstić information content (AvgIpc) is 2.34. The van der Waals surface area contributed by atoms with Crippen LogP contribution in [0.2, 0.25) is 19.6 Å². The van der Waals surface area contributed by atoms with Gasteiger partial charge in [0.2, 0.25) is 0 Å². The molecule has 2 heteroatoms. The van der Waals surface area contributed by atoms with Gasteiger partial charge in [0.25, 0.3) is 0 Å². The van der Waals surface area contributed by atoms with Crippen LogP contribution in [0.25, 0.3) is 0 Å². The third kappa shape index (κ3) is 3.60. The summed E-state index contributed by atoms with van der Waals surface area (Å²) in [5, 5.41) is 11.0. The molecule has 0 spiro atoms. The maximum Gasteiger partial charge on any atom is 0.0824 e. The van der Waals surface area contributed by atoms with E-state index in [2.05, 4.69) is 33.5 Å². The number of hydrogen-bond acceptors (Lipinski definition) is 1. The number of aliphatic hydroxyl groups is 1. The van der Waals surface area contributed by atoms with Gasteiger partial charge < -0.3 is 5.11 Å². The third-order valence-corrected chi connectivity index (χ3v) is 8.62. The molecule has 1 N–H and O–H groups in total. The van der Waals surface area contributed by atoms with Gasteiger partial charge in [-0.1, -0.05) is 78.4 Å². The lowest BCUT2D eigenvalue weighted by molar-refractivity contribution is 0.0115. The summed E-state index contributed by atoms with van der Waals surface area (Å²) >= 11 is 0. The fourth-order valence-electron chi connectivity index (χ4n) is 3.76. The molecule has 1 saturated carbocycles. The highest BCUT2D eigenvalue weighted by Crippen LogP contribution is 2.42. The molecule has 1 aliphatic rings. The maximum absolute atomic E-state index is 11.4. The summed E-state index contributed by atoms with van der Waals surface area (Å²) in [6.07, 6.45) is 10.3. The van der Waals surface area contributed by atoms with Crippen molar-refractivity contribution >= 4 is 8.07 Å². The Balaban J connectivity index is 2.80.